The lowest BCUT2D eigenvalue weighted by Gasteiger charge is -2.12. The number of sulfonamides is 1. The first-order chi connectivity index (χ1) is 12.0. The van der Waals surface area contributed by atoms with Crippen molar-refractivity contribution in [2.45, 2.75) is 31.3 Å². The molecule has 3 N–H and O–H groups in total. The maximum atomic E-state index is 11.9. The summed E-state index contributed by atoms with van der Waals surface area (Å²) in [6, 6.07) is 11.1. The maximum absolute atomic E-state index is 11.9. The van der Waals surface area contributed by atoms with Crippen molar-refractivity contribution in [1.82, 2.24) is 15.4 Å². The van der Waals surface area contributed by atoms with Gasteiger partial charge in [-0.25, -0.2) is 13.1 Å². The van der Waals surface area contributed by atoms with Crippen molar-refractivity contribution in [1.29, 1.82) is 0 Å². The summed E-state index contributed by atoms with van der Waals surface area (Å²) in [5, 5.41) is 6.47. The van der Waals surface area contributed by atoms with Crippen molar-refractivity contribution in [3.05, 3.63) is 51.7 Å². The highest BCUT2D eigenvalue weighted by atomic mass is 127. The number of guanidine groups is 1. The lowest BCUT2D eigenvalue weighted by molar-refractivity contribution is 0.588. The van der Waals surface area contributed by atoms with Crippen LogP contribution in [-0.2, 0) is 29.5 Å². The molecule has 0 fully saturated rings. The van der Waals surface area contributed by atoms with Gasteiger partial charge < -0.3 is 10.6 Å². The molecule has 0 radical (unpaired) electrons. The summed E-state index contributed by atoms with van der Waals surface area (Å²) in [5.41, 5.74) is 0.865. The predicted octanol–water partition coefficient (Wildman–Crippen LogP) is 2.70. The van der Waals surface area contributed by atoms with Crippen molar-refractivity contribution >= 4 is 51.3 Å². The van der Waals surface area contributed by atoms with Crippen molar-refractivity contribution in [2.75, 3.05) is 14.1 Å². The molecule has 0 aliphatic heterocycles. The van der Waals surface area contributed by atoms with Crippen molar-refractivity contribution in [2.24, 2.45) is 4.99 Å². The molecule has 1 heterocycles. The van der Waals surface area contributed by atoms with Crippen molar-refractivity contribution in [3.63, 3.8) is 0 Å². The van der Waals surface area contributed by atoms with E-state index in [-0.39, 0.29) is 28.9 Å². The van der Waals surface area contributed by atoms with Gasteiger partial charge in [0.25, 0.3) is 0 Å². The second kappa shape index (κ2) is 10.9. The van der Waals surface area contributed by atoms with E-state index in [2.05, 4.69) is 39.4 Å². The molecule has 0 spiro atoms. The quantitative estimate of drug-likeness (QED) is 0.305. The van der Waals surface area contributed by atoms with Gasteiger partial charge in [-0.05, 0) is 43.3 Å². The van der Waals surface area contributed by atoms with E-state index in [0.717, 1.165) is 12.0 Å². The van der Waals surface area contributed by atoms with Crippen LogP contribution < -0.4 is 15.4 Å². The molecule has 0 unspecified atom stereocenters. The van der Waals surface area contributed by atoms with Crippen LogP contribution in [0.15, 0.2) is 46.3 Å². The fourth-order valence-electron chi connectivity index (χ4n) is 2.23. The van der Waals surface area contributed by atoms with Crippen molar-refractivity contribution < 1.29 is 8.42 Å². The summed E-state index contributed by atoms with van der Waals surface area (Å²) in [4.78, 5) is 7.07. The van der Waals surface area contributed by atoms with Gasteiger partial charge in [0.2, 0.25) is 10.0 Å². The largest absolute Gasteiger partial charge is 0.352 e. The monoisotopic (exact) mass is 508 g/mol. The molecule has 0 aliphatic carbocycles. The number of benzene rings is 1. The molecule has 0 bridgehead atoms. The Morgan fingerprint density at radius 2 is 1.81 bits per heavy atom. The summed E-state index contributed by atoms with van der Waals surface area (Å²) >= 11 is 1.79. The molecule has 26 heavy (non-hydrogen) atoms. The molecule has 0 saturated carbocycles. The average Bonchev–Trinajstić information content (AvgIpc) is 3.10. The second-order valence-electron chi connectivity index (χ2n) is 5.36. The van der Waals surface area contributed by atoms with Crippen LogP contribution in [0.2, 0.25) is 0 Å². The molecule has 9 heteroatoms. The topological polar surface area (TPSA) is 82.6 Å². The Bertz CT molecular complexity index is 835. The summed E-state index contributed by atoms with van der Waals surface area (Å²) in [6.07, 6.45) is 1.05. The lowest BCUT2D eigenvalue weighted by atomic mass is 10.2. The van der Waals surface area contributed by atoms with E-state index < -0.39 is 10.0 Å². The third-order valence-corrected chi connectivity index (χ3v) is 6.30. The zero-order chi connectivity index (χ0) is 18.3. The molecule has 0 amide bonds. The summed E-state index contributed by atoms with van der Waals surface area (Å²) in [6.45, 7) is 3.34. The van der Waals surface area contributed by atoms with Gasteiger partial charge in [-0.2, -0.15) is 0 Å². The standard InChI is InChI=1S/C17H24N4O2S2.HI/c1-4-14-8-9-15(24-14)12-21-17(18-2)20-11-13-6-5-7-16(10-13)25(22,23)19-3;/h5-10,19H,4,11-12H2,1-3H3,(H2,18,20,21);1H. The average molecular weight is 508 g/mol. The van der Waals surface area contributed by atoms with Crippen LogP contribution in [0.5, 0.6) is 0 Å². The van der Waals surface area contributed by atoms with Gasteiger partial charge in [-0.3, -0.25) is 4.99 Å². The van der Waals surface area contributed by atoms with Gasteiger partial charge in [0, 0.05) is 23.3 Å². The third-order valence-electron chi connectivity index (χ3n) is 3.66. The highest BCUT2D eigenvalue weighted by Gasteiger charge is 2.11. The highest BCUT2D eigenvalue weighted by Crippen LogP contribution is 2.16. The molecule has 0 atom stereocenters. The number of aliphatic imine (C=N–C) groups is 1. The number of rotatable bonds is 7. The van der Waals surface area contributed by atoms with E-state index in [0.29, 0.717) is 19.0 Å². The van der Waals surface area contributed by atoms with Crippen LogP contribution in [0.3, 0.4) is 0 Å². The molecule has 0 saturated heterocycles. The van der Waals surface area contributed by atoms with Gasteiger partial charge in [-0.1, -0.05) is 19.1 Å². The molecule has 2 rings (SSSR count). The van der Waals surface area contributed by atoms with Crippen LogP contribution in [0, 0.1) is 0 Å². The second-order valence-corrected chi connectivity index (χ2v) is 8.50. The fraction of sp³-hybridized carbons (Fsp3) is 0.353. The van der Waals surface area contributed by atoms with Crippen molar-refractivity contribution in [3.8, 4) is 0 Å². The van der Waals surface area contributed by atoms with E-state index in [1.54, 1.807) is 36.6 Å². The minimum atomic E-state index is -3.43. The Hall–Kier alpha value is -1.17. The Kier molecular flexibility index (Phi) is 9.55. The van der Waals surface area contributed by atoms with Gasteiger partial charge in [-0.15, -0.1) is 35.3 Å². The van der Waals surface area contributed by atoms with Crippen LogP contribution in [0.1, 0.15) is 22.2 Å². The molecule has 2 aromatic rings. The first-order valence-corrected chi connectivity index (χ1v) is 10.3. The molecule has 1 aromatic heterocycles. The minimum Gasteiger partial charge on any atom is -0.352 e. The number of nitrogens with one attached hydrogen (secondary N) is 3. The lowest BCUT2D eigenvalue weighted by Crippen LogP contribution is -2.36. The van der Waals surface area contributed by atoms with Crippen LogP contribution in [0.25, 0.3) is 0 Å². The summed E-state index contributed by atoms with van der Waals surface area (Å²) in [7, 11) is -0.319. The molecule has 6 nitrogen and oxygen atoms in total. The minimum absolute atomic E-state index is 0. The number of nitrogens with zero attached hydrogens (tertiary/aromatic N) is 1. The van der Waals surface area contributed by atoms with E-state index in [4.69, 9.17) is 0 Å². The third kappa shape index (κ3) is 6.53. The molecule has 1 aromatic carbocycles. The Balaban J connectivity index is 0.00000338. The van der Waals surface area contributed by atoms with Crippen LogP contribution in [-0.4, -0.2) is 28.5 Å². The number of aryl methyl sites for hydroxylation is 1. The first kappa shape index (κ1) is 22.9. The number of hydrogen-bond donors (Lipinski definition) is 3. The van der Waals surface area contributed by atoms with Gasteiger partial charge in [0.05, 0.1) is 11.4 Å². The van der Waals surface area contributed by atoms with E-state index in [9.17, 15) is 8.42 Å². The number of thiophene rings is 1. The van der Waals surface area contributed by atoms with E-state index >= 15 is 0 Å². The highest BCUT2D eigenvalue weighted by molar-refractivity contribution is 14.0. The molecular formula is C17H25IN4O2S2. The maximum Gasteiger partial charge on any atom is 0.240 e. The van der Waals surface area contributed by atoms with Crippen LogP contribution >= 0.6 is 35.3 Å². The zero-order valence-corrected chi connectivity index (χ0v) is 19.0. The number of hydrogen-bond acceptors (Lipinski definition) is 4. The molecule has 0 aliphatic rings. The number of halogens is 1. The predicted molar refractivity (Wildman–Crippen MR) is 119 cm³/mol. The van der Waals surface area contributed by atoms with Gasteiger partial charge >= 0.3 is 0 Å². The first-order valence-electron chi connectivity index (χ1n) is 8.03. The molecule has 144 valence electrons. The van der Waals surface area contributed by atoms with Gasteiger partial charge in [0.1, 0.15) is 0 Å². The van der Waals surface area contributed by atoms with Gasteiger partial charge in [0.15, 0.2) is 5.96 Å². The Labute approximate surface area is 176 Å². The smallest absolute Gasteiger partial charge is 0.240 e. The summed E-state index contributed by atoms with van der Waals surface area (Å²) in [5.74, 6) is 0.674. The SMILES string of the molecule is CCc1ccc(CNC(=NC)NCc2cccc(S(=O)(=O)NC)c2)s1.I. The Morgan fingerprint density at radius 1 is 1.12 bits per heavy atom. The Morgan fingerprint density at radius 3 is 2.42 bits per heavy atom. The summed E-state index contributed by atoms with van der Waals surface area (Å²) < 4.78 is 26.1. The van der Waals surface area contributed by atoms with E-state index in [1.807, 2.05) is 6.07 Å². The molecular weight excluding hydrogens is 483 g/mol. The fourth-order valence-corrected chi connectivity index (χ4v) is 3.92. The van der Waals surface area contributed by atoms with Crippen LogP contribution in [0.4, 0.5) is 0 Å². The zero-order valence-electron chi connectivity index (χ0n) is 15.1. The van der Waals surface area contributed by atoms with E-state index in [1.165, 1.54) is 16.8 Å². The normalized spacial score (nSPS) is 11.7.